The minimum atomic E-state index is -0.165. The third kappa shape index (κ3) is 2.02. The Labute approximate surface area is 101 Å². The zero-order chi connectivity index (χ0) is 11.7. The van der Waals surface area contributed by atoms with Gasteiger partial charge in [0.1, 0.15) is 6.10 Å². The molecule has 0 bridgehead atoms. The third-order valence-electron chi connectivity index (χ3n) is 3.68. The summed E-state index contributed by atoms with van der Waals surface area (Å²) in [6.45, 7) is 0.755. The molecule has 1 aromatic carbocycles. The van der Waals surface area contributed by atoms with Crippen LogP contribution in [0, 0.1) is 0 Å². The molecule has 3 nitrogen and oxygen atoms in total. The lowest BCUT2D eigenvalue weighted by Gasteiger charge is -2.20. The van der Waals surface area contributed by atoms with Gasteiger partial charge in [0.15, 0.2) is 0 Å². The summed E-state index contributed by atoms with van der Waals surface area (Å²) >= 11 is 0. The lowest BCUT2D eigenvalue weighted by atomic mass is 10.2. The van der Waals surface area contributed by atoms with Crippen molar-refractivity contribution in [1.82, 2.24) is 0 Å². The number of amides is 1. The molecule has 0 atom stereocenters. The molecule has 17 heavy (non-hydrogen) atoms. The van der Waals surface area contributed by atoms with Crippen molar-refractivity contribution >= 4 is 11.8 Å². The topological polar surface area (TPSA) is 29.5 Å². The van der Waals surface area contributed by atoms with Gasteiger partial charge in [-0.1, -0.05) is 18.2 Å². The van der Waals surface area contributed by atoms with Gasteiger partial charge in [-0.3, -0.25) is 4.90 Å². The number of hydrogen-bond donors (Lipinski definition) is 0. The molecule has 3 rings (SSSR count). The van der Waals surface area contributed by atoms with E-state index >= 15 is 0 Å². The van der Waals surface area contributed by atoms with Crippen LogP contribution in [0.3, 0.4) is 0 Å². The molecule has 0 radical (unpaired) electrons. The van der Waals surface area contributed by atoms with Crippen molar-refractivity contribution in [2.45, 2.75) is 38.2 Å². The van der Waals surface area contributed by atoms with Crippen molar-refractivity contribution in [3.63, 3.8) is 0 Å². The quantitative estimate of drug-likeness (QED) is 0.743. The number of ether oxygens (including phenoxy) is 1. The van der Waals surface area contributed by atoms with Crippen LogP contribution in [0.15, 0.2) is 24.3 Å². The molecule has 2 aliphatic rings. The van der Waals surface area contributed by atoms with E-state index in [1.165, 1.54) is 18.4 Å². The van der Waals surface area contributed by atoms with Gasteiger partial charge in [-0.15, -0.1) is 0 Å². The number of fused-ring (bicyclic) bond motifs is 1. The van der Waals surface area contributed by atoms with Crippen molar-refractivity contribution in [3.8, 4) is 0 Å². The van der Waals surface area contributed by atoms with Crippen LogP contribution in [0.4, 0.5) is 10.5 Å². The number of para-hydroxylation sites is 1. The zero-order valence-corrected chi connectivity index (χ0v) is 9.89. The second-order valence-electron chi connectivity index (χ2n) is 4.82. The van der Waals surface area contributed by atoms with Crippen LogP contribution < -0.4 is 4.90 Å². The minimum absolute atomic E-state index is 0.148. The lowest BCUT2D eigenvalue weighted by Crippen LogP contribution is -2.32. The highest BCUT2D eigenvalue weighted by molar-refractivity contribution is 5.90. The molecule has 1 aliphatic heterocycles. The Hall–Kier alpha value is -1.51. The van der Waals surface area contributed by atoms with Gasteiger partial charge in [-0.2, -0.15) is 0 Å². The van der Waals surface area contributed by atoms with E-state index in [0.29, 0.717) is 0 Å². The SMILES string of the molecule is O=C(OC1CCCC1)N1CCc2ccccc21. The number of anilines is 1. The molecule has 1 fully saturated rings. The van der Waals surface area contributed by atoms with Crippen molar-refractivity contribution in [2.24, 2.45) is 0 Å². The van der Waals surface area contributed by atoms with E-state index in [-0.39, 0.29) is 12.2 Å². The molecule has 1 amide bonds. The standard InChI is InChI=1S/C14H17NO2/c16-14(17-12-6-2-3-7-12)15-10-9-11-5-1-4-8-13(11)15/h1,4-5,8,12H,2-3,6-7,9-10H2. The fourth-order valence-electron chi connectivity index (χ4n) is 2.74. The third-order valence-corrected chi connectivity index (χ3v) is 3.68. The summed E-state index contributed by atoms with van der Waals surface area (Å²) in [6.07, 6.45) is 5.36. The highest BCUT2D eigenvalue weighted by Crippen LogP contribution is 2.29. The molecule has 0 spiro atoms. The number of nitrogens with zero attached hydrogens (tertiary/aromatic N) is 1. The highest BCUT2D eigenvalue weighted by atomic mass is 16.6. The Balaban J connectivity index is 1.71. The van der Waals surface area contributed by atoms with Gasteiger partial charge in [0.2, 0.25) is 0 Å². The van der Waals surface area contributed by atoms with E-state index in [2.05, 4.69) is 6.07 Å². The smallest absolute Gasteiger partial charge is 0.414 e. The number of rotatable bonds is 1. The Bertz CT molecular complexity index is 424. The first kappa shape index (κ1) is 10.6. The maximum Gasteiger partial charge on any atom is 0.414 e. The molecule has 0 saturated heterocycles. The van der Waals surface area contributed by atoms with Crippen LogP contribution in [-0.2, 0) is 11.2 Å². The summed E-state index contributed by atoms with van der Waals surface area (Å²) in [6, 6.07) is 8.07. The largest absolute Gasteiger partial charge is 0.446 e. The van der Waals surface area contributed by atoms with Crippen LogP contribution >= 0.6 is 0 Å². The van der Waals surface area contributed by atoms with Gasteiger partial charge < -0.3 is 4.74 Å². The summed E-state index contributed by atoms with van der Waals surface area (Å²) in [4.78, 5) is 13.8. The average Bonchev–Trinajstić information content (AvgIpc) is 2.96. The Kier molecular flexibility index (Phi) is 2.75. The Morgan fingerprint density at radius 1 is 1.24 bits per heavy atom. The first-order valence-electron chi connectivity index (χ1n) is 6.40. The van der Waals surface area contributed by atoms with Crippen LogP contribution in [0.5, 0.6) is 0 Å². The fraction of sp³-hybridized carbons (Fsp3) is 0.500. The van der Waals surface area contributed by atoms with Gasteiger partial charge in [0.05, 0.1) is 5.69 Å². The van der Waals surface area contributed by atoms with E-state index in [4.69, 9.17) is 4.74 Å². The van der Waals surface area contributed by atoms with Gasteiger partial charge >= 0.3 is 6.09 Å². The molecule has 0 unspecified atom stereocenters. The molecule has 1 aliphatic carbocycles. The van der Waals surface area contributed by atoms with E-state index in [1.54, 1.807) is 4.90 Å². The van der Waals surface area contributed by atoms with E-state index < -0.39 is 0 Å². The predicted octanol–water partition coefficient (Wildman–Crippen LogP) is 3.13. The summed E-state index contributed by atoms with van der Waals surface area (Å²) < 4.78 is 5.54. The van der Waals surface area contributed by atoms with Gasteiger partial charge in [-0.05, 0) is 43.7 Å². The zero-order valence-electron chi connectivity index (χ0n) is 9.89. The number of carbonyl (C=O) groups excluding carboxylic acids is 1. The van der Waals surface area contributed by atoms with E-state index in [9.17, 15) is 4.79 Å². The van der Waals surface area contributed by atoms with E-state index in [1.807, 2.05) is 18.2 Å². The van der Waals surface area contributed by atoms with Crippen LogP contribution in [-0.4, -0.2) is 18.7 Å². The molecule has 3 heteroatoms. The Morgan fingerprint density at radius 2 is 2.00 bits per heavy atom. The van der Waals surface area contributed by atoms with Crippen molar-refractivity contribution in [3.05, 3.63) is 29.8 Å². The Morgan fingerprint density at radius 3 is 2.82 bits per heavy atom. The normalized spacial score (nSPS) is 19.4. The number of hydrogen-bond acceptors (Lipinski definition) is 2. The van der Waals surface area contributed by atoms with Gasteiger partial charge in [-0.25, -0.2) is 4.79 Å². The second-order valence-corrected chi connectivity index (χ2v) is 4.82. The lowest BCUT2D eigenvalue weighted by molar-refractivity contribution is 0.108. The van der Waals surface area contributed by atoms with Crippen molar-refractivity contribution in [2.75, 3.05) is 11.4 Å². The fourth-order valence-corrected chi connectivity index (χ4v) is 2.74. The molecule has 90 valence electrons. The average molecular weight is 231 g/mol. The van der Waals surface area contributed by atoms with Crippen molar-refractivity contribution in [1.29, 1.82) is 0 Å². The predicted molar refractivity (Wildman–Crippen MR) is 66.2 cm³/mol. The van der Waals surface area contributed by atoms with Crippen molar-refractivity contribution < 1.29 is 9.53 Å². The molecule has 0 N–H and O–H groups in total. The molecular weight excluding hydrogens is 214 g/mol. The molecule has 1 saturated carbocycles. The van der Waals surface area contributed by atoms with Crippen LogP contribution in [0.25, 0.3) is 0 Å². The summed E-state index contributed by atoms with van der Waals surface area (Å²) in [7, 11) is 0. The summed E-state index contributed by atoms with van der Waals surface area (Å²) in [5.74, 6) is 0. The molecular formula is C14H17NO2. The maximum atomic E-state index is 12.1. The first-order chi connectivity index (χ1) is 8.34. The van der Waals surface area contributed by atoms with Gasteiger partial charge in [0, 0.05) is 6.54 Å². The molecule has 0 aromatic heterocycles. The van der Waals surface area contributed by atoms with Gasteiger partial charge in [0.25, 0.3) is 0 Å². The number of benzene rings is 1. The summed E-state index contributed by atoms with van der Waals surface area (Å²) in [5.41, 5.74) is 2.27. The first-order valence-corrected chi connectivity index (χ1v) is 6.40. The van der Waals surface area contributed by atoms with E-state index in [0.717, 1.165) is 31.5 Å². The minimum Gasteiger partial charge on any atom is -0.446 e. The highest BCUT2D eigenvalue weighted by Gasteiger charge is 2.28. The maximum absolute atomic E-state index is 12.1. The summed E-state index contributed by atoms with van der Waals surface area (Å²) in [5, 5.41) is 0. The van der Waals surface area contributed by atoms with Crippen LogP contribution in [0.1, 0.15) is 31.2 Å². The monoisotopic (exact) mass is 231 g/mol. The molecule has 1 aromatic rings. The molecule has 1 heterocycles. The second kappa shape index (κ2) is 4.40. The van der Waals surface area contributed by atoms with Crippen LogP contribution in [0.2, 0.25) is 0 Å². The number of carbonyl (C=O) groups is 1.